The molecule has 1 amide bonds. The highest BCUT2D eigenvalue weighted by Gasteiger charge is 2.13. The summed E-state index contributed by atoms with van der Waals surface area (Å²) >= 11 is 0. The summed E-state index contributed by atoms with van der Waals surface area (Å²) in [6.07, 6.45) is 0. The van der Waals surface area contributed by atoms with Crippen molar-refractivity contribution in [3.63, 3.8) is 0 Å². The summed E-state index contributed by atoms with van der Waals surface area (Å²) in [5.74, 6) is 0.434. The number of aryl methyl sites for hydroxylation is 1. The van der Waals surface area contributed by atoms with Crippen LogP contribution in [-0.2, 0) is 9.53 Å². The molecule has 0 aliphatic carbocycles. The fourth-order valence-electron chi connectivity index (χ4n) is 3.20. The number of hydrogen-bond acceptors (Lipinski definition) is 5. The van der Waals surface area contributed by atoms with E-state index >= 15 is 0 Å². The van der Waals surface area contributed by atoms with Crippen LogP contribution in [0.2, 0.25) is 0 Å². The first kappa shape index (κ1) is 21.1. The molecule has 3 aromatic carbocycles. The molecule has 7 heteroatoms. The zero-order valence-corrected chi connectivity index (χ0v) is 17.8. The van der Waals surface area contributed by atoms with E-state index in [1.165, 1.54) is 5.56 Å². The average molecular weight is 429 g/mol. The van der Waals surface area contributed by atoms with E-state index in [9.17, 15) is 9.59 Å². The van der Waals surface area contributed by atoms with E-state index in [0.717, 1.165) is 22.7 Å². The third kappa shape index (κ3) is 4.95. The molecule has 0 aliphatic rings. The van der Waals surface area contributed by atoms with Crippen LogP contribution in [0.25, 0.3) is 22.4 Å². The van der Waals surface area contributed by atoms with E-state index in [-0.39, 0.29) is 6.61 Å². The van der Waals surface area contributed by atoms with Crippen molar-refractivity contribution in [2.75, 3.05) is 18.5 Å². The summed E-state index contributed by atoms with van der Waals surface area (Å²) < 4.78 is 10.5. The molecule has 4 aromatic rings. The van der Waals surface area contributed by atoms with Crippen molar-refractivity contribution in [3.8, 4) is 17.1 Å². The smallest absolute Gasteiger partial charge is 0.338 e. The van der Waals surface area contributed by atoms with E-state index in [1.807, 2.05) is 38.1 Å². The minimum absolute atomic E-state index is 0.338. The van der Waals surface area contributed by atoms with Crippen LogP contribution in [-0.4, -0.2) is 35.1 Å². The molecule has 4 rings (SSSR count). The molecule has 2 N–H and O–H groups in total. The Bertz CT molecular complexity index is 1240. The third-order valence-corrected chi connectivity index (χ3v) is 4.83. The molecule has 0 saturated heterocycles. The van der Waals surface area contributed by atoms with Crippen LogP contribution < -0.4 is 10.1 Å². The van der Waals surface area contributed by atoms with E-state index in [4.69, 9.17) is 9.47 Å². The predicted octanol–water partition coefficient (Wildman–Crippen LogP) is 4.73. The zero-order valence-electron chi connectivity index (χ0n) is 17.8. The lowest BCUT2D eigenvalue weighted by Crippen LogP contribution is -2.20. The number of carbonyl (C=O) groups is 2. The van der Waals surface area contributed by atoms with Gasteiger partial charge in [-0.1, -0.05) is 29.8 Å². The van der Waals surface area contributed by atoms with E-state index in [1.54, 1.807) is 42.5 Å². The van der Waals surface area contributed by atoms with E-state index in [2.05, 4.69) is 15.3 Å². The maximum absolute atomic E-state index is 12.4. The Morgan fingerprint density at radius 1 is 1.00 bits per heavy atom. The number of nitrogens with zero attached hydrogens (tertiary/aromatic N) is 1. The minimum atomic E-state index is -0.583. The second-order valence-corrected chi connectivity index (χ2v) is 7.27. The number of amides is 1. The summed E-state index contributed by atoms with van der Waals surface area (Å²) in [4.78, 5) is 32.3. The SMILES string of the molecule is CCOc1ccc(NC(=O)COC(=O)c2ccc3nc(-c4ccc(C)cc4)[nH]c3c2)cc1. The van der Waals surface area contributed by atoms with Gasteiger partial charge in [0.25, 0.3) is 5.91 Å². The molecule has 1 aromatic heterocycles. The molecule has 0 saturated carbocycles. The summed E-state index contributed by atoms with van der Waals surface area (Å²) in [7, 11) is 0. The molecule has 162 valence electrons. The molecule has 32 heavy (non-hydrogen) atoms. The first-order valence-corrected chi connectivity index (χ1v) is 10.3. The van der Waals surface area contributed by atoms with Crippen molar-refractivity contribution in [3.05, 3.63) is 77.9 Å². The number of anilines is 1. The Labute approximate surface area is 185 Å². The molecule has 0 aliphatic heterocycles. The summed E-state index contributed by atoms with van der Waals surface area (Å²) in [6.45, 7) is 4.11. The standard InChI is InChI=1S/C25H23N3O4/c1-3-31-20-11-9-19(10-12-20)26-23(29)15-32-25(30)18-8-13-21-22(14-18)28-24(27-21)17-6-4-16(2)5-7-17/h4-14H,3,15H2,1-2H3,(H,26,29)(H,27,28). The largest absolute Gasteiger partial charge is 0.494 e. The van der Waals surface area contributed by atoms with Crippen molar-refractivity contribution in [2.45, 2.75) is 13.8 Å². The van der Waals surface area contributed by atoms with Crippen LogP contribution in [0.4, 0.5) is 5.69 Å². The van der Waals surface area contributed by atoms with Crippen molar-refractivity contribution in [1.29, 1.82) is 0 Å². The molecule has 1 heterocycles. The number of aromatic amines is 1. The van der Waals surface area contributed by atoms with Gasteiger partial charge in [-0.2, -0.15) is 0 Å². The zero-order chi connectivity index (χ0) is 22.5. The normalized spacial score (nSPS) is 10.7. The molecule has 0 fully saturated rings. The highest BCUT2D eigenvalue weighted by Crippen LogP contribution is 2.22. The van der Waals surface area contributed by atoms with Crippen LogP contribution >= 0.6 is 0 Å². The minimum Gasteiger partial charge on any atom is -0.494 e. The number of imidazole rings is 1. The van der Waals surface area contributed by atoms with Gasteiger partial charge in [0.05, 0.1) is 23.2 Å². The topological polar surface area (TPSA) is 93.3 Å². The highest BCUT2D eigenvalue weighted by atomic mass is 16.5. The number of esters is 1. The first-order chi connectivity index (χ1) is 15.5. The van der Waals surface area contributed by atoms with Gasteiger partial charge in [0.2, 0.25) is 0 Å². The number of aromatic nitrogens is 2. The Hall–Kier alpha value is -4.13. The fraction of sp³-hybridized carbons (Fsp3) is 0.160. The van der Waals surface area contributed by atoms with Crippen molar-refractivity contribution >= 4 is 28.6 Å². The van der Waals surface area contributed by atoms with Crippen molar-refractivity contribution in [1.82, 2.24) is 9.97 Å². The Kier molecular flexibility index (Phi) is 6.17. The lowest BCUT2D eigenvalue weighted by Gasteiger charge is -2.08. The van der Waals surface area contributed by atoms with Gasteiger partial charge in [-0.25, -0.2) is 9.78 Å². The summed E-state index contributed by atoms with van der Waals surface area (Å²) in [5.41, 5.74) is 4.52. The Balaban J connectivity index is 1.37. The predicted molar refractivity (Wildman–Crippen MR) is 123 cm³/mol. The number of carbonyl (C=O) groups excluding carboxylic acids is 2. The van der Waals surface area contributed by atoms with Crippen molar-refractivity contribution in [2.24, 2.45) is 0 Å². The number of ether oxygens (including phenoxy) is 2. The van der Waals surface area contributed by atoms with Gasteiger partial charge in [-0.05, 0) is 56.3 Å². The van der Waals surface area contributed by atoms with Gasteiger partial charge >= 0.3 is 5.97 Å². The molecule has 0 bridgehead atoms. The number of nitrogens with one attached hydrogen (secondary N) is 2. The monoisotopic (exact) mass is 429 g/mol. The first-order valence-electron chi connectivity index (χ1n) is 10.3. The van der Waals surface area contributed by atoms with Gasteiger partial charge < -0.3 is 19.8 Å². The summed E-state index contributed by atoms with van der Waals surface area (Å²) in [5, 5.41) is 2.69. The third-order valence-electron chi connectivity index (χ3n) is 4.83. The number of rotatable bonds is 7. The molecule has 7 nitrogen and oxygen atoms in total. The van der Waals surface area contributed by atoms with E-state index in [0.29, 0.717) is 23.4 Å². The maximum Gasteiger partial charge on any atom is 0.338 e. The van der Waals surface area contributed by atoms with Crippen LogP contribution in [0.1, 0.15) is 22.8 Å². The van der Waals surface area contributed by atoms with Gasteiger partial charge in [0.1, 0.15) is 11.6 Å². The van der Waals surface area contributed by atoms with Crippen LogP contribution in [0, 0.1) is 6.92 Å². The quantitative estimate of drug-likeness (QED) is 0.414. The number of fused-ring (bicyclic) bond motifs is 1. The van der Waals surface area contributed by atoms with Crippen LogP contribution in [0.15, 0.2) is 66.7 Å². The molecule has 0 atom stereocenters. The number of H-pyrrole nitrogens is 1. The molecule has 0 spiro atoms. The second-order valence-electron chi connectivity index (χ2n) is 7.27. The fourth-order valence-corrected chi connectivity index (χ4v) is 3.20. The van der Waals surface area contributed by atoms with Gasteiger partial charge in [0, 0.05) is 11.3 Å². The Morgan fingerprint density at radius 3 is 2.47 bits per heavy atom. The van der Waals surface area contributed by atoms with Gasteiger partial charge in [0.15, 0.2) is 6.61 Å². The maximum atomic E-state index is 12.4. The lowest BCUT2D eigenvalue weighted by atomic mass is 10.1. The average Bonchev–Trinajstić information content (AvgIpc) is 3.23. The molecular weight excluding hydrogens is 406 g/mol. The molecular formula is C25H23N3O4. The Morgan fingerprint density at radius 2 is 1.75 bits per heavy atom. The van der Waals surface area contributed by atoms with Gasteiger partial charge in [-0.3, -0.25) is 4.79 Å². The highest BCUT2D eigenvalue weighted by molar-refractivity contribution is 5.97. The van der Waals surface area contributed by atoms with Crippen molar-refractivity contribution < 1.29 is 19.1 Å². The summed E-state index contributed by atoms with van der Waals surface area (Å²) in [6, 6.07) is 20.0. The second kappa shape index (κ2) is 9.34. The number of hydrogen-bond donors (Lipinski definition) is 2. The number of benzene rings is 3. The van der Waals surface area contributed by atoms with Crippen LogP contribution in [0.3, 0.4) is 0 Å². The van der Waals surface area contributed by atoms with E-state index < -0.39 is 11.9 Å². The van der Waals surface area contributed by atoms with Gasteiger partial charge in [-0.15, -0.1) is 0 Å². The molecule has 0 unspecified atom stereocenters. The molecule has 0 radical (unpaired) electrons. The lowest BCUT2D eigenvalue weighted by molar-refractivity contribution is -0.119. The van der Waals surface area contributed by atoms with Crippen LogP contribution in [0.5, 0.6) is 5.75 Å².